The molecule has 3 rings (SSSR count). The number of anilines is 1. The second kappa shape index (κ2) is 5.59. The predicted octanol–water partition coefficient (Wildman–Crippen LogP) is 1.01. The highest BCUT2D eigenvalue weighted by Crippen LogP contribution is 2.28. The van der Waals surface area contributed by atoms with Crippen LogP contribution in [0.5, 0.6) is 5.75 Å². The Morgan fingerprint density at radius 2 is 2.11 bits per heavy atom. The van der Waals surface area contributed by atoms with E-state index in [0.29, 0.717) is 26.4 Å². The number of ketones is 1. The maximum atomic E-state index is 12.2. The molecule has 0 radical (unpaired) electrons. The first-order valence-electron chi connectivity index (χ1n) is 6.67. The molecule has 1 saturated heterocycles. The van der Waals surface area contributed by atoms with E-state index in [4.69, 9.17) is 9.47 Å². The molecule has 1 aromatic carbocycles. The zero-order valence-corrected chi connectivity index (χ0v) is 10.9. The predicted molar refractivity (Wildman–Crippen MR) is 72.0 cm³/mol. The van der Waals surface area contributed by atoms with Crippen LogP contribution in [0.2, 0.25) is 0 Å². The van der Waals surface area contributed by atoms with Crippen LogP contribution in [0.25, 0.3) is 0 Å². The van der Waals surface area contributed by atoms with Gasteiger partial charge in [-0.25, -0.2) is 0 Å². The first-order valence-corrected chi connectivity index (χ1v) is 6.67. The van der Waals surface area contributed by atoms with Crippen LogP contribution in [0.3, 0.4) is 0 Å². The molecule has 102 valence electrons. The Kier molecular flexibility index (Phi) is 3.66. The van der Waals surface area contributed by atoms with Crippen molar-refractivity contribution < 1.29 is 14.3 Å². The molecule has 19 heavy (non-hydrogen) atoms. The number of fused-ring (bicyclic) bond motifs is 1. The molecule has 2 aliphatic rings. The number of hydrogen-bond donors (Lipinski definition) is 1. The topological polar surface area (TPSA) is 50.8 Å². The number of carbonyl (C=O) groups is 1. The van der Waals surface area contributed by atoms with Crippen LogP contribution < -0.4 is 10.1 Å². The second-order valence-corrected chi connectivity index (χ2v) is 4.80. The molecule has 5 nitrogen and oxygen atoms in total. The summed E-state index contributed by atoms with van der Waals surface area (Å²) in [5.41, 5.74) is 1.65. The fourth-order valence-corrected chi connectivity index (χ4v) is 2.37. The van der Waals surface area contributed by atoms with E-state index in [9.17, 15) is 4.79 Å². The summed E-state index contributed by atoms with van der Waals surface area (Å²) in [6.45, 7) is 5.01. The number of benzene rings is 1. The smallest absolute Gasteiger partial charge is 0.176 e. The molecule has 2 aliphatic heterocycles. The Morgan fingerprint density at radius 3 is 2.95 bits per heavy atom. The standard InChI is InChI=1S/C14H18N2O3/c17-13(10-16-4-7-18-8-5-16)11-1-2-14-12(9-11)15-3-6-19-14/h1-2,9,15H,3-8,10H2. The number of rotatable bonds is 3. The van der Waals surface area contributed by atoms with Crippen LogP contribution in [0, 0.1) is 0 Å². The molecular formula is C14H18N2O3. The average Bonchev–Trinajstić information content (AvgIpc) is 2.48. The molecular weight excluding hydrogens is 244 g/mol. The number of Topliss-reactive ketones (excluding diaryl/α,β-unsaturated/α-hetero) is 1. The fraction of sp³-hybridized carbons (Fsp3) is 0.500. The van der Waals surface area contributed by atoms with Gasteiger partial charge in [0.15, 0.2) is 5.78 Å². The summed E-state index contributed by atoms with van der Waals surface area (Å²) in [6, 6.07) is 5.60. The lowest BCUT2D eigenvalue weighted by molar-refractivity contribution is 0.0371. The Labute approximate surface area is 112 Å². The normalized spacial score (nSPS) is 19.2. The second-order valence-electron chi connectivity index (χ2n) is 4.80. The van der Waals surface area contributed by atoms with Crippen molar-refractivity contribution in [3.05, 3.63) is 23.8 Å². The number of carbonyl (C=O) groups excluding carboxylic acids is 1. The zero-order chi connectivity index (χ0) is 13.1. The molecule has 0 aromatic heterocycles. The summed E-state index contributed by atoms with van der Waals surface area (Å²) >= 11 is 0. The number of nitrogens with zero attached hydrogens (tertiary/aromatic N) is 1. The van der Waals surface area contributed by atoms with Gasteiger partial charge in [0.2, 0.25) is 0 Å². The molecule has 0 aliphatic carbocycles. The van der Waals surface area contributed by atoms with Crippen LogP contribution >= 0.6 is 0 Å². The van der Waals surface area contributed by atoms with Gasteiger partial charge in [0.1, 0.15) is 12.4 Å². The maximum Gasteiger partial charge on any atom is 0.176 e. The summed E-state index contributed by atoms with van der Waals surface area (Å²) in [4.78, 5) is 14.4. The molecule has 1 N–H and O–H groups in total. The molecule has 5 heteroatoms. The lowest BCUT2D eigenvalue weighted by atomic mass is 10.1. The van der Waals surface area contributed by atoms with Gasteiger partial charge in [-0.05, 0) is 18.2 Å². The van der Waals surface area contributed by atoms with Gasteiger partial charge in [0, 0.05) is 25.2 Å². The summed E-state index contributed by atoms with van der Waals surface area (Å²) in [5, 5.41) is 3.25. The first kappa shape index (κ1) is 12.4. The first-order chi connectivity index (χ1) is 9.33. The highest BCUT2D eigenvalue weighted by atomic mass is 16.5. The van der Waals surface area contributed by atoms with Crippen LogP contribution in [0.1, 0.15) is 10.4 Å². The molecule has 1 fully saturated rings. The molecule has 1 aromatic rings. The molecule has 0 bridgehead atoms. The van der Waals surface area contributed by atoms with E-state index in [1.807, 2.05) is 18.2 Å². The van der Waals surface area contributed by atoms with Gasteiger partial charge in [0.25, 0.3) is 0 Å². The summed E-state index contributed by atoms with van der Waals surface area (Å²) < 4.78 is 10.8. The molecule has 0 amide bonds. The fourth-order valence-electron chi connectivity index (χ4n) is 2.37. The van der Waals surface area contributed by atoms with Gasteiger partial charge in [-0.3, -0.25) is 9.69 Å². The molecule has 2 heterocycles. The van der Waals surface area contributed by atoms with E-state index in [-0.39, 0.29) is 5.78 Å². The quantitative estimate of drug-likeness (QED) is 0.824. The van der Waals surface area contributed by atoms with E-state index in [2.05, 4.69) is 10.2 Å². The highest BCUT2D eigenvalue weighted by Gasteiger charge is 2.17. The van der Waals surface area contributed by atoms with Crippen molar-refractivity contribution in [3.63, 3.8) is 0 Å². The number of morpholine rings is 1. The van der Waals surface area contributed by atoms with Gasteiger partial charge in [-0.1, -0.05) is 0 Å². The number of nitrogens with one attached hydrogen (secondary N) is 1. The zero-order valence-electron chi connectivity index (χ0n) is 10.9. The van der Waals surface area contributed by atoms with Crippen molar-refractivity contribution in [2.75, 3.05) is 51.3 Å². The lowest BCUT2D eigenvalue weighted by Crippen LogP contribution is -2.39. The van der Waals surface area contributed by atoms with Crippen LogP contribution in [0.4, 0.5) is 5.69 Å². The summed E-state index contributed by atoms with van der Waals surface area (Å²) in [5.74, 6) is 0.978. The molecule has 0 atom stereocenters. The third kappa shape index (κ3) is 2.88. The van der Waals surface area contributed by atoms with Gasteiger partial charge in [-0.2, -0.15) is 0 Å². The minimum absolute atomic E-state index is 0.150. The summed E-state index contributed by atoms with van der Waals surface area (Å²) in [6.07, 6.45) is 0. The largest absolute Gasteiger partial charge is 0.490 e. The maximum absolute atomic E-state index is 12.2. The van der Waals surface area contributed by atoms with Crippen molar-refractivity contribution in [3.8, 4) is 5.75 Å². The van der Waals surface area contributed by atoms with Crippen molar-refractivity contribution in [1.82, 2.24) is 4.90 Å². The van der Waals surface area contributed by atoms with E-state index in [1.165, 1.54) is 0 Å². The third-order valence-corrected chi connectivity index (χ3v) is 3.45. The molecule has 0 unspecified atom stereocenters. The number of hydrogen-bond acceptors (Lipinski definition) is 5. The lowest BCUT2D eigenvalue weighted by Gasteiger charge is -2.26. The molecule has 0 saturated carbocycles. The SMILES string of the molecule is O=C(CN1CCOCC1)c1ccc2c(c1)NCCO2. The minimum atomic E-state index is 0.150. The van der Waals surface area contributed by atoms with E-state index in [0.717, 1.165) is 36.6 Å². The van der Waals surface area contributed by atoms with Gasteiger partial charge >= 0.3 is 0 Å². The van der Waals surface area contributed by atoms with Crippen molar-refractivity contribution >= 4 is 11.5 Å². The third-order valence-electron chi connectivity index (χ3n) is 3.45. The van der Waals surface area contributed by atoms with E-state index in [1.54, 1.807) is 0 Å². The van der Waals surface area contributed by atoms with Gasteiger partial charge < -0.3 is 14.8 Å². The Morgan fingerprint density at radius 1 is 1.26 bits per heavy atom. The van der Waals surface area contributed by atoms with Crippen molar-refractivity contribution in [1.29, 1.82) is 0 Å². The van der Waals surface area contributed by atoms with Crippen molar-refractivity contribution in [2.45, 2.75) is 0 Å². The highest BCUT2D eigenvalue weighted by molar-refractivity contribution is 5.98. The Hall–Kier alpha value is -1.59. The Bertz CT molecular complexity index is 470. The van der Waals surface area contributed by atoms with Crippen LogP contribution in [-0.4, -0.2) is 56.7 Å². The van der Waals surface area contributed by atoms with Crippen molar-refractivity contribution in [2.24, 2.45) is 0 Å². The monoisotopic (exact) mass is 262 g/mol. The van der Waals surface area contributed by atoms with Gasteiger partial charge in [0.05, 0.1) is 25.4 Å². The van der Waals surface area contributed by atoms with Gasteiger partial charge in [-0.15, -0.1) is 0 Å². The Balaban J connectivity index is 1.69. The average molecular weight is 262 g/mol. The molecule has 0 spiro atoms. The van der Waals surface area contributed by atoms with Crippen LogP contribution in [-0.2, 0) is 4.74 Å². The van der Waals surface area contributed by atoms with E-state index >= 15 is 0 Å². The number of ether oxygens (including phenoxy) is 2. The minimum Gasteiger partial charge on any atom is -0.490 e. The van der Waals surface area contributed by atoms with E-state index < -0.39 is 0 Å². The summed E-state index contributed by atoms with van der Waals surface area (Å²) in [7, 11) is 0. The van der Waals surface area contributed by atoms with Crippen LogP contribution in [0.15, 0.2) is 18.2 Å².